The molecule has 2 aliphatic rings. The molecule has 1 saturated carbocycles. The van der Waals surface area contributed by atoms with Crippen LogP contribution < -0.4 is 5.32 Å². The molecule has 4 aromatic rings. The van der Waals surface area contributed by atoms with Crippen LogP contribution in [0.5, 0.6) is 0 Å². The number of pyridine rings is 1. The van der Waals surface area contributed by atoms with Crippen molar-refractivity contribution in [2.45, 2.75) is 77.7 Å². The highest BCUT2D eigenvalue weighted by molar-refractivity contribution is 7.19. The van der Waals surface area contributed by atoms with Crippen LogP contribution in [0.15, 0.2) is 12.5 Å². The molecule has 0 atom stereocenters. The molecule has 0 radical (unpaired) electrons. The lowest BCUT2D eigenvalue weighted by Gasteiger charge is -2.42. The fourth-order valence-corrected chi connectivity index (χ4v) is 7.71. The van der Waals surface area contributed by atoms with Gasteiger partial charge in [-0.25, -0.2) is 9.50 Å². The zero-order valence-electron chi connectivity index (χ0n) is 20.9. The molecule has 0 aromatic carbocycles. The number of aryl methyl sites for hydroxylation is 2. The van der Waals surface area contributed by atoms with Gasteiger partial charge in [-0.1, -0.05) is 13.8 Å². The highest BCUT2D eigenvalue weighted by atomic mass is 32.1. The van der Waals surface area contributed by atoms with Crippen LogP contribution in [0.25, 0.3) is 27.1 Å². The molecule has 4 aromatic heterocycles. The van der Waals surface area contributed by atoms with E-state index in [2.05, 4.69) is 61.2 Å². The van der Waals surface area contributed by atoms with Gasteiger partial charge in [-0.2, -0.15) is 5.10 Å². The Morgan fingerprint density at radius 1 is 1.15 bits per heavy atom. The highest BCUT2D eigenvalue weighted by Gasteiger charge is 2.39. The van der Waals surface area contributed by atoms with Crippen LogP contribution in [-0.4, -0.2) is 44.9 Å². The average Bonchev–Trinajstić information content (AvgIpc) is 3.52. The Bertz CT molecular complexity index is 1360. The number of rotatable bonds is 3. The second-order valence-corrected chi connectivity index (χ2v) is 11.7. The Morgan fingerprint density at radius 2 is 1.94 bits per heavy atom. The first-order chi connectivity index (χ1) is 16.4. The van der Waals surface area contributed by atoms with Crippen molar-refractivity contribution in [2.75, 3.05) is 19.7 Å². The lowest BCUT2D eigenvalue weighted by molar-refractivity contribution is -0.0900. The Balaban J connectivity index is 1.41. The monoisotopic (exact) mass is 477 g/mol. The lowest BCUT2D eigenvalue weighted by atomic mass is 9.77. The summed E-state index contributed by atoms with van der Waals surface area (Å²) in [6.07, 6.45) is 8.54. The third-order valence-electron chi connectivity index (χ3n) is 8.34. The molecule has 0 unspecified atom stereocenters. The summed E-state index contributed by atoms with van der Waals surface area (Å²) in [7, 11) is 0. The first-order valence-electron chi connectivity index (χ1n) is 12.7. The van der Waals surface area contributed by atoms with Crippen LogP contribution in [0.1, 0.15) is 78.5 Å². The van der Waals surface area contributed by atoms with Gasteiger partial charge in [-0.05, 0) is 80.5 Å². The van der Waals surface area contributed by atoms with Crippen molar-refractivity contribution in [2.24, 2.45) is 0 Å². The maximum absolute atomic E-state index is 6.25. The Labute approximate surface area is 205 Å². The van der Waals surface area contributed by atoms with E-state index in [1.165, 1.54) is 56.6 Å². The van der Waals surface area contributed by atoms with E-state index in [0.29, 0.717) is 11.8 Å². The summed E-state index contributed by atoms with van der Waals surface area (Å²) in [5, 5.41) is 9.42. The number of H-pyrrole nitrogens is 1. The number of nitrogens with zero attached hydrogens (tertiary/aromatic N) is 3. The maximum atomic E-state index is 6.25. The van der Waals surface area contributed by atoms with Crippen LogP contribution in [0.4, 0.5) is 0 Å². The zero-order chi connectivity index (χ0) is 23.6. The van der Waals surface area contributed by atoms with Crippen LogP contribution in [0, 0.1) is 20.8 Å². The van der Waals surface area contributed by atoms with Gasteiger partial charge in [0.2, 0.25) is 0 Å². The van der Waals surface area contributed by atoms with Crippen molar-refractivity contribution in [1.29, 1.82) is 0 Å². The van der Waals surface area contributed by atoms with Crippen molar-refractivity contribution in [3.8, 4) is 11.3 Å². The minimum Gasteiger partial charge on any atom is -0.372 e. The molecular weight excluding hydrogens is 442 g/mol. The van der Waals surface area contributed by atoms with Gasteiger partial charge in [0.1, 0.15) is 11.2 Å². The summed E-state index contributed by atoms with van der Waals surface area (Å²) in [5.41, 5.74) is 8.86. The Hall–Kier alpha value is -2.22. The van der Waals surface area contributed by atoms with E-state index in [1.54, 1.807) is 11.2 Å². The number of nitrogens with one attached hydrogen (secondary N) is 2. The summed E-state index contributed by atoms with van der Waals surface area (Å²) < 4.78 is 8.16. The van der Waals surface area contributed by atoms with E-state index in [9.17, 15) is 0 Å². The molecular formula is C27H35N5OS. The molecule has 6 nitrogen and oxygen atoms in total. The van der Waals surface area contributed by atoms with Crippen LogP contribution in [0.2, 0.25) is 0 Å². The number of morpholine rings is 1. The number of hydrogen-bond donors (Lipinski definition) is 2. The van der Waals surface area contributed by atoms with Crippen molar-refractivity contribution >= 4 is 27.2 Å². The molecule has 7 heteroatoms. The van der Waals surface area contributed by atoms with Gasteiger partial charge in [0.15, 0.2) is 5.65 Å². The first-order valence-corrected chi connectivity index (χ1v) is 13.5. The standard InChI is InChI=1S/C27H35N5OS/c1-15(2)21-22-18(5)24(19-6-8-27(9-7-19)13-28-10-11-33-27)34-26(22)31-23(21)20-12-32-25(29-14-30-32)17(4)16(20)3/h12,14-15,19,28,31H,6-11,13H2,1-5H3. The van der Waals surface area contributed by atoms with Gasteiger partial charge in [0.25, 0.3) is 0 Å². The first kappa shape index (κ1) is 22.3. The number of ether oxygens (including phenoxy) is 1. The number of aromatic amines is 1. The van der Waals surface area contributed by atoms with E-state index >= 15 is 0 Å². The number of hydrogen-bond acceptors (Lipinski definition) is 5. The maximum Gasteiger partial charge on any atom is 0.158 e. The molecule has 0 amide bonds. The summed E-state index contributed by atoms with van der Waals surface area (Å²) >= 11 is 1.98. The molecule has 180 valence electrons. The third kappa shape index (κ3) is 3.35. The molecule has 34 heavy (non-hydrogen) atoms. The van der Waals surface area contributed by atoms with Crippen LogP contribution in [-0.2, 0) is 4.74 Å². The molecule has 1 spiro atoms. The minimum atomic E-state index is 0.0758. The normalized spacial score (nSPS) is 23.6. The van der Waals surface area contributed by atoms with E-state index in [1.807, 2.05) is 15.9 Å². The second-order valence-electron chi connectivity index (χ2n) is 10.7. The average molecular weight is 478 g/mol. The highest BCUT2D eigenvalue weighted by Crippen LogP contribution is 2.49. The van der Waals surface area contributed by atoms with Gasteiger partial charge in [-0.3, -0.25) is 0 Å². The summed E-state index contributed by atoms with van der Waals surface area (Å²) in [6.45, 7) is 14.2. The summed E-state index contributed by atoms with van der Waals surface area (Å²) in [4.78, 5) is 11.2. The van der Waals surface area contributed by atoms with Crippen LogP contribution >= 0.6 is 11.3 Å². The van der Waals surface area contributed by atoms with E-state index in [0.717, 1.165) is 38.2 Å². The number of thiophene rings is 1. The third-order valence-corrected chi connectivity index (χ3v) is 9.71. The fourth-order valence-electron chi connectivity index (χ4n) is 6.32. The van der Waals surface area contributed by atoms with Gasteiger partial charge >= 0.3 is 0 Å². The predicted molar refractivity (Wildman–Crippen MR) is 139 cm³/mol. The summed E-state index contributed by atoms with van der Waals surface area (Å²) in [6, 6.07) is 0. The Kier molecular flexibility index (Phi) is 5.35. The van der Waals surface area contributed by atoms with Gasteiger partial charge in [-0.15, -0.1) is 11.3 Å². The Morgan fingerprint density at radius 3 is 2.65 bits per heavy atom. The minimum absolute atomic E-state index is 0.0758. The van der Waals surface area contributed by atoms with Gasteiger partial charge < -0.3 is 15.0 Å². The van der Waals surface area contributed by atoms with Crippen molar-refractivity contribution < 1.29 is 4.74 Å². The molecule has 1 aliphatic carbocycles. The molecule has 6 rings (SSSR count). The van der Waals surface area contributed by atoms with E-state index < -0.39 is 0 Å². The van der Waals surface area contributed by atoms with Crippen molar-refractivity contribution in [3.05, 3.63) is 39.7 Å². The largest absolute Gasteiger partial charge is 0.372 e. The van der Waals surface area contributed by atoms with E-state index in [-0.39, 0.29) is 5.60 Å². The quantitative estimate of drug-likeness (QED) is 0.380. The predicted octanol–water partition coefficient (Wildman–Crippen LogP) is 6.00. The van der Waals surface area contributed by atoms with Crippen molar-refractivity contribution in [3.63, 3.8) is 0 Å². The zero-order valence-corrected chi connectivity index (χ0v) is 21.7. The number of aromatic nitrogens is 4. The summed E-state index contributed by atoms with van der Waals surface area (Å²) in [5.74, 6) is 1.06. The molecule has 5 heterocycles. The SMILES string of the molecule is Cc1c(-c2[nH]c3sc(C4CCC5(CC4)CNCCO5)c(C)c3c2C(C)C)cn2ncnc2c1C. The van der Waals surface area contributed by atoms with Crippen LogP contribution in [0.3, 0.4) is 0 Å². The van der Waals surface area contributed by atoms with Gasteiger partial charge in [0, 0.05) is 35.1 Å². The van der Waals surface area contributed by atoms with Gasteiger partial charge in [0.05, 0.1) is 17.9 Å². The number of fused-ring (bicyclic) bond motifs is 2. The molecule has 1 saturated heterocycles. The second kappa shape index (κ2) is 8.18. The lowest BCUT2D eigenvalue weighted by Crippen LogP contribution is -2.51. The smallest absolute Gasteiger partial charge is 0.158 e. The van der Waals surface area contributed by atoms with E-state index in [4.69, 9.17) is 4.74 Å². The van der Waals surface area contributed by atoms with Crippen molar-refractivity contribution in [1.82, 2.24) is 24.9 Å². The topological polar surface area (TPSA) is 67.2 Å². The molecule has 2 N–H and O–H groups in total. The molecule has 1 aliphatic heterocycles. The molecule has 2 fully saturated rings. The fraction of sp³-hybridized carbons (Fsp3) is 0.556. The molecule has 0 bridgehead atoms.